The second kappa shape index (κ2) is 6.77. The van der Waals surface area contributed by atoms with Crippen molar-refractivity contribution >= 4 is 12.0 Å². The number of carbonyl (C=O) groups is 1. The predicted octanol–water partition coefficient (Wildman–Crippen LogP) is 3.60. The molecule has 4 rings (SSSR count). The predicted molar refractivity (Wildman–Crippen MR) is 97.8 cm³/mol. The lowest BCUT2D eigenvalue weighted by molar-refractivity contribution is -0.127. The molecule has 1 aliphatic rings. The lowest BCUT2D eigenvalue weighted by Crippen LogP contribution is -2.37. The minimum absolute atomic E-state index is 0.0186. The molecular formula is C21H19N3O. The fourth-order valence-electron chi connectivity index (χ4n) is 3.27. The number of H-pyrrole nitrogens is 1. The second-order valence-corrected chi connectivity index (χ2v) is 6.19. The molecule has 0 aliphatic carbocycles. The minimum Gasteiger partial charge on any atom is -0.347 e. The van der Waals surface area contributed by atoms with E-state index in [2.05, 4.69) is 22.1 Å². The molecule has 1 aromatic heterocycles. The summed E-state index contributed by atoms with van der Waals surface area (Å²) >= 11 is 0. The van der Waals surface area contributed by atoms with Crippen molar-refractivity contribution in [3.8, 4) is 0 Å². The molecule has 124 valence electrons. The number of hydrogen-bond donors (Lipinski definition) is 1. The first kappa shape index (κ1) is 15.4. The summed E-state index contributed by atoms with van der Waals surface area (Å²) in [5.74, 6) is 0.121. The van der Waals surface area contributed by atoms with Gasteiger partial charge in [0.25, 0.3) is 0 Å². The standard InChI is InChI=1S/C21H19N3O/c25-20(12-11-16-7-3-1-4-8-16)24-13-18(17-9-5-2-6-10-17)21-19(14-24)22-15-23-21/h1-12,15,18H,13-14H2,(H,22,23)/b12-11+. The molecule has 1 N–H and O–H groups in total. The molecule has 0 saturated carbocycles. The van der Waals surface area contributed by atoms with Gasteiger partial charge in [-0.2, -0.15) is 0 Å². The Balaban J connectivity index is 1.58. The molecule has 0 radical (unpaired) electrons. The van der Waals surface area contributed by atoms with E-state index in [1.807, 2.05) is 59.5 Å². The van der Waals surface area contributed by atoms with E-state index in [-0.39, 0.29) is 11.8 Å². The average molecular weight is 329 g/mol. The van der Waals surface area contributed by atoms with Gasteiger partial charge in [0.05, 0.1) is 24.3 Å². The van der Waals surface area contributed by atoms with Crippen LogP contribution in [-0.4, -0.2) is 27.3 Å². The van der Waals surface area contributed by atoms with Crippen molar-refractivity contribution in [2.75, 3.05) is 6.54 Å². The Morgan fingerprint density at radius 1 is 1.08 bits per heavy atom. The van der Waals surface area contributed by atoms with E-state index >= 15 is 0 Å². The Morgan fingerprint density at radius 3 is 2.56 bits per heavy atom. The van der Waals surface area contributed by atoms with E-state index in [1.54, 1.807) is 12.4 Å². The number of aromatic amines is 1. The van der Waals surface area contributed by atoms with Crippen molar-refractivity contribution in [1.29, 1.82) is 0 Å². The van der Waals surface area contributed by atoms with E-state index in [1.165, 1.54) is 5.56 Å². The fraction of sp³-hybridized carbons (Fsp3) is 0.143. The molecule has 4 nitrogen and oxygen atoms in total. The Hall–Kier alpha value is -3.14. The maximum absolute atomic E-state index is 12.7. The second-order valence-electron chi connectivity index (χ2n) is 6.19. The first-order valence-electron chi connectivity index (χ1n) is 8.40. The molecule has 1 unspecified atom stereocenters. The highest BCUT2D eigenvalue weighted by molar-refractivity contribution is 5.92. The largest absolute Gasteiger partial charge is 0.347 e. The van der Waals surface area contributed by atoms with Crippen LogP contribution < -0.4 is 0 Å². The number of nitrogens with zero attached hydrogens (tertiary/aromatic N) is 2. The van der Waals surface area contributed by atoms with Gasteiger partial charge >= 0.3 is 0 Å². The Morgan fingerprint density at radius 2 is 1.80 bits per heavy atom. The molecule has 1 aliphatic heterocycles. The van der Waals surface area contributed by atoms with E-state index in [4.69, 9.17) is 0 Å². The summed E-state index contributed by atoms with van der Waals surface area (Å²) in [4.78, 5) is 22.2. The van der Waals surface area contributed by atoms with Gasteiger partial charge < -0.3 is 9.88 Å². The number of aromatic nitrogens is 2. The van der Waals surface area contributed by atoms with Gasteiger partial charge in [-0.25, -0.2) is 4.98 Å². The monoisotopic (exact) mass is 329 g/mol. The van der Waals surface area contributed by atoms with Crippen LogP contribution in [-0.2, 0) is 11.3 Å². The van der Waals surface area contributed by atoms with Crippen LogP contribution in [0.1, 0.15) is 28.4 Å². The van der Waals surface area contributed by atoms with Crippen LogP contribution in [0.3, 0.4) is 0 Å². The molecule has 2 heterocycles. The number of hydrogen-bond acceptors (Lipinski definition) is 2. The SMILES string of the molecule is O=C(/C=C/c1ccccc1)N1Cc2[nH]cnc2C(c2ccccc2)C1. The molecule has 0 bridgehead atoms. The normalized spacial score (nSPS) is 16.8. The van der Waals surface area contributed by atoms with Gasteiger partial charge in [-0.15, -0.1) is 0 Å². The molecule has 1 amide bonds. The first-order valence-corrected chi connectivity index (χ1v) is 8.40. The quantitative estimate of drug-likeness (QED) is 0.747. The van der Waals surface area contributed by atoms with Gasteiger partial charge in [-0.3, -0.25) is 4.79 Å². The van der Waals surface area contributed by atoms with Gasteiger partial charge in [0.2, 0.25) is 5.91 Å². The molecule has 0 fully saturated rings. The van der Waals surface area contributed by atoms with Crippen LogP contribution in [0.25, 0.3) is 6.08 Å². The van der Waals surface area contributed by atoms with Gasteiger partial charge in [0.15, 0.2) is 0 Å². The smallest absolute Gasteiger partial charge is 0.246 e. The summed E-state index contributed by atoms with van der Waals surface area (Å²) < 4.78 is 0. The van der Waals surface area contributed by atoms with Crippen LogP contribution in [0.5, 0.6) is 0 Å². The number of rotatable bonds is 3. The van der Waals surface area contributed by atoms with Crippen molar-refractivity contribution in [3.05, 3.63) is 95.6 Å². The van der Waals surface area contributed by atoms with E-state index < -0.39 is 0 Å². The Bertz CT molecular complexity index is 884. The number of benzene rings is 2. The molecule has 3 aromatic rings. The average Bonchev–Trinajstić information content (AvgIpc) is 3.15. The zero-order valence-electron chi connectivity index (χ0n) is 13.8. The highest BCUT2D eigenvalue weighted by Gasteiger charge is 2.30. The summed E-state index contributed by atoms with van der Waals surface area (Å²) in [5.41, 5.74) is 4.26. The lowest BCUT2D eigenvalue weighted by atomic mass is 9.91. The number of amides is 1. The highest BCUT2D eigenvalue weighted by atomic mass is 16.2. The molecule has 2 aromatic carbocycles. The van der Waals surface area contributed by atoms with Gasteiger partial charge in [-0.05, 0) is 17.2 Å². The molecule has 0 saturated heterocycles. The van der Waals surface area contributed by atoms with Crippen LogP contribution >= 0.6 is 0 Å². The third-order valence-electron chi connectivity index (χ3n) is 4.57. The highest BCUT2D eigenvalue weighted by Crippen LogP contribution is 2.31. The zero-order valence-corrected chi connectivity index (χ0v) is 13.8. The van der Waals surface area contributed by atoms with Crippen molar-refractivity contribution in [2.24, 2.45) is 0 Å². The third-order valence-corrected chi connectivity index (χ3v) is 4.57. The third kappa shape index (κ3) is 3.24. The summed E-state index contributed by atoms with van der Waals surface area (Å²) in [5, 5.41) is 0. The zero-order chi connectivity index (χ0) is 17.1. The summed E-state index contributed by atoms with van der Waals surface area (Å²) in [7, 11) is 0. The van der Waals surface area contributed by atoms with Gasteiger partial charge in [-0.1, -0.05) is 60.7 Å². The fourth-order valence-corrected chi connectivity index (χ4v) is 3.27. The van der Waals surface area contributed by atoms with E-state index in [9.17, 15) is 4.79 Å². The van der Waals surface area contributed by atoms with Crippen molar-refractivity contribution in [1.82, 2.24) is 14.9 Å². The van der Waals surface area contributed by atoms with Crippen LogP contribution in [0.2, 0.25) is 0 Å². The minimum atomic E-state index is 0.0186. The van der Waals surface area contributed by atoms with Crippen LogP contribution in [0.15, 0.2) is 73.1 Å². The molecule has 0 spiro atoms. The number of fused-ring (bicyclic) bond motifs is 1. The van der Waals surface area contributed by atoms with E-state index in [0.29, 0.717) is 13.1 Å². The summed E-state index contributed by atoms with van der Waals surface area (Å²) in [6.45, 7) is 1.20. The number of carbonyl (C=O) groups excluding carboxylic acids is 1. The molecule has 25 heavy (non-hydrogen) atoms. The number of nitrogens with one attached hydrogen (secondary N) is 1. The molecule has 4 heteroatoms. The lowest BCUT2D eigenvalue weighted by Gasteiger charge is -2.31. The summed E-state index contributed by atoms with van der Waals surface area (Å²) in [6, 6.07) is 20.1. The Labute approximate surface area is 146 Å². The van der Waals surface area contributed by atoms with Crippen molar-refractivity contribution < 1.29 is 4.79 Å². The van der Waals surface area contributed by atoms with Crippen molar-refractivity contribution in [3.63, 3.8) is 0 Å². The maximum Gasteiger partial charge on any atom is 0.246 e. The van der Waals surface area contributed by atoms with Crippen molar-refractivity contribution in [2.45, 2.75) is 12.5 Å². The van der Waals surface area contributed by atoms with Gasteiger partial charge in [0, 0.05) is 18.5 Å². The molecule has 1 atom stereocenters. The first-order chi connectivity index (χ1) is 12.3. The van der Waals surface area contributed by atoms with Crippen LogP contribution in [0, 0.1) is 0 Å². The topological polar surface area (TPSA) is 49.0 Å². The van der Waals surface area contributed by atoms with Gasteiger partial charge in [0.1, 0.15) is 0 Å². The summed E-state index contributed by atoms with van der Waals surface area (Å²) in [6.07, 6.45) is 5.23. The maximum atomic E-state index is 12.7. The van der Waals surface area contributed by atoms with E-state index in [0.717, 1.165) is 17.0 Å². The van der Waals surface area contributed by atoms with Crippen LogP contribution in [0.4, 0.5) is 0 Å². The molecular weight excluding hydrogens is 310 g/mol. The Kier molecular flexibility index (Phi) is 4.17. The number of imidazole rings is 1.